The van der Waals surface area contributed by atoms with Crippen molar-refractivity contribution in [3.8, 4) is 5.75 Å². The van der Waals surface area contributed by atoms with Crippen molar-refractivity contribution in [3.05, 3.63) is 24.3 Å². The minimum Gasteiger partial charge on any atom is -0.494 e. The fraction of sp³-hybridized carbons (Fsp3) is 0.333. The predicted molar refractivity (Wildman–Crippen MR) is 60.9 cm³/mol. The molecule has 15 heavy (non-hydrogen) atoms. The van der Waals surface area contributed by atoms with Crippen molar-refractivity contribution in [3.63, 3.8) is 0 Å². The van der Waals surface area contributed by atoms with Crippen LogP contribution in [0.25, 0.3) is 0 Å². The lowest BCUT2D eigenvalue weighted by Gasteiger charge is -2.07. The number of nitrogens with one attached hydrogen (secondary N) is 1. The highest BCUT2D eigenvalue weighted by atomic mass is 35.5. The highest BCUT2D eigenvalue weighted by Gasteiger charge is 2.07. The van der Waals surface area contributed by atoms with Gasteiger partial charge in [0.25, 0.3) is 0 Å². The fourth-order valence-electron chi connectivity index (χ4n) is 1.02. The zero-order valence-electron chi connectivity index (χ0n) is 8.23. The van der Waals surface area contributed by atoms with Gasteiger partial charge >= 0.3 is 0 Å². The molecule has 1 rings (SSSR count). The second-order valence-corrected chi connectivity index (χ2v) is 5.09. The van der Waals surface area contributed by atoms with E-state index in [4.69, 9.17) is 16.3 Å². The number of halogens is 1. The van der Waals surface area contributed by atoms with E-state index in [1.54, 1.807) is 24.3 Å². The van der Waals surface area contributed by atoms with E-state index in [1.165, 1.54) is 0 Å². The first-order valence-electron chi connectivity index (χ1n) is 4.36. The fourth-order valence-corrected chi connectivity index (χ4v) is 1.73. The smallest absolute Gasteiger partial charge is 0.246 e. The van der Waals surface area contributed by atoms with Crippen molar-refractivity contribution in [2.24, 2.45) is 0 Å². The zero-order valence-corrected chi connectivity index (χ0v) is 9.81. The van der Waals surface area contributed by atoms with Crippen LogP contribution in [0, 0.1) is 0 Å². The number of alkyl halides is 1. The van der Waals surface area contributed by atoms with Gasteiger partial charge in [0.2, 0.25) is 10.0 Å². The van der Waals surface area contributed by atoms with Crippen LogP contribution in [-0.4, -0.2) is 20.2 Å². The molecule has 6 heteroatoms. The lowest BCUT2D eigenvalue weighted by atomic mass is 10.3. The number of rotatable bonds is 5. The molecule has 0 radical (unpaired) electrons. The molecule has 0 saturated carbocycles. The molecule has 0 aliphatic heterocycles. The number of sulfonamides is 1. The van der Waals surface area contributed by atoms with Gasteiger partial charge in [0, 0.05) is 6.07 Å². The monoisotopic (exact) mass is 249 g/mol. The predicted octanol–water partition coefficient (Wildman–Crippen LogP) is 2.02. The summed E-state index contributed by atoms with van der Waals surface area (Å²) in [4.78, 5) is 0. The summed E-state index contributed by atoms with van der Waals surface area (Å²) in [7, 11) is -3.44. The van der Waals surface area contributed by atoms with Crippen LogP contribution in [0.1, 0.15) is 6.92 Å². The Kier molecular flexibility index (Phi) is 4.23. The molecule has 0 saturated heterocycles. The van der Waals surface area contributed by atoms with E-state index in [1.807, 2.05) is 6.92 Å². The first kappa shape index (κ1) is 12.1. The summed E-state index contributed by atoms with van der Waals surface area (Å²) in [5, 5.41) is -0.466. The van der Waals surface area contributed by atoms with Crippen molar-refractivity contribution in [1.82, 2.24) is 0 Å². The summed E-state index contributed by atoms with van der Waals surface area (Å²) in [6.07, 6.45) is 0. The molecule has 0 amide bonds. The highest BCUT2D eigenvalue weighted by Crippen LogP contribution is 2.18. The van der Waals surface area contributed by atoms with Gasteiger partial charge in [0.05, 0.1) is 12.3 Å². The van der Waals surface area contributed by atoms with Gasteiger partial charge < -0.3 is 4.74 Å². The molecule has 1 N–H and O–H groups in total. The maximum absolute atomic E-state index is 11.2. The number of hydrogen-bond acceptors (Lipinski definition) is 3. The average Bonchev–Trinajstić information content (AvgIpc) is 2.18. The SMILES string of the molecule is CCOc1cccc(NS(=O)(=O)CCl)c1. The van der Waals surface area contributed by atoms with E-state index in [2.05, 4.69) is 4.72 Å². The van der Waals surface area contributed by atoms with Crippen LogP contribution < -0.4 is 9.46 Å². The van der Waals surface area contributed by atoms with Gasteiger partial charge in [-0.15, -0.1) is 11.6 Å². The Morgan fingerprint density at radius 3 is 2.80 bits per heavy atom. The Morgan fingerprint density at radius 2 is 2.20 bits per heavy atom. The molecule has 0 aliphatic rings. The van der Waals surface area contributed by atoms with Crippen LogP contribution in [0.4, 0.5) is 5.69 Å². The van der Waals surface area contributed by atoms with Crippen LogP contribution in [0.15, 0.2) is 24.3 Å². The minimum absolute atomic E-state index is 0.446. The minimum atomic E-state index is -3.44. The maximum atomic E-state index is 11.2. The van der Waals surface area contributed by atoms with E-state index in [-0.39, 0.29) is 0 Å². The quantitative estimate of drug-likeness (QED) is 0.813. The lowest BCUT2D eigenvalue weighted by Crippen LogP contribution is -2.13. The number of anilines is 1. The average molecular weight is 250 g/mol. The Balaban J connectivity index is 2.82. The molecule has 0 bridgehead atoms. The van der Waals surface area contributed by atoms with Crippen LogP contribution in [-0.2, 0) is 10.0 Å². The molecule has 1 aromatic rings. The molecule has 1 aromatic carbocycles. The number of benzene rings is 1. The summed E-state index contributed by atoms with van der Waals surface area (Å²) < 4.78 is 29.9. The van der Waals surface area contributed by atoms with E-state index in [9.17, 15) is 8.42 Å². The molecule has 0 unspecified atom stereocenters. The Bertz CT molecular complexity index is 419. The third kappa shape index (κ3) is 3.97. The van der Waals surface area contributed by atoms with E-state index in [0.717, 1.165) is 0 Å². The summed E-state index contributed by atoms with van der Waals surface area (Å²) in [5.41, 5.74) is 0.446. The van der Waals surface area contributed by atoms with Crippen molar-refractivity contribution in [1.29, 1.82) is 0 Å². The van der Waals surface area contributed by atoms with Gasteiger partial charge in [0.1, 0.15) is 11.0 Å². The van der Waals surface area contributed by atoms with E-state index in [0.29, 0.717) is 18.0 Å². The van der Waals surface area contributed by atoms with Gasteiger partial charge in [-0.1, -0.05) is 6.07 Å². The van der Waals surface area contributed by atoms with Gasteiger partial charge in [-0.3, -0.25) is 4.72 Å². The second-order valence-electron chi connectivity index (χ2n) is 2.79. The molecule has 0 aliphatic carbocycles. The molecule has 4 nitrogen and oxygen atoms in total. The highest BCUT2D eigenvalue weighted by molar-refractivity contribution is 7.93. The topological polar surface area (TPSA) is 55.4 Å². The normalized spacial score (nSPS) is 11.1. The molecule has 84 valence electrons. The Hall–Kier alpha value is -0.940. The standard InChI is InChI=1S/C9H12ClNO3S/c1-2-14-9-5-3-4-8(6-9)11-15(12,13)7-10/h3-6,11H,2,7H2,1H3. The molecule has 0 aromatic heterocycles. The molecule has 0 heterocycles. The molecule has 0 spiro atoms. The molecule has 0 fully saturated rings. The van der Waals surface area contributed by atoms with Crippen molar-refractivity contribution < 1.29 is 13.2 Å². The third-order valence-corrected chi connectivity index (χ3v) is 3.26. The summed E-state index contributed by atoms with van der Waals surface area (Å²) in [6.45, 7) is 2.39. The molecular weight excluding hydrogens is 238 g/mol. The Labute approximate surface area is 94.3 Å². The third-order valence-electron chi connectivity index (χ3n) is 1.56. The first-order chi connectivity index (χ1) is 7.07. The van der Waals surface area contributed by atoms with Gasteiger partial charge in [-0.25, -0.2) is 8.42 Å². The van der Waals surface area contributed by atoms with Crippen LogP contribution in [0.3, 0.4) is 0 Å². The van der Waals surface area contributed by atoms with Crippen molar-refractivity contribution >= 4 is 27.3 Å². The zero-order chi connectivity index (χ0) is 11.3. The molecular formula is C9H12ClNO3S. The maximum Gasteiger partial charge on any atom is 0.246 e. The molecule has 0 atom stereocenters. The van der Waals surface area contributed by atoms with Gasteiger partial charge in [-0.05, 0) is 19.1 Å². The van der Waals surface area contributed by atoms with Gasteiger partial charge in [-0.2, -0.15) is 0 Å². The van der Waals surface area contributed by atoms with Crippen molar-refractivity contribution in [2.75, 3.05) is 16.5 Å². The Morgan fingerprint density at radius 1 is 1.47 bits per heavy atom. The first-order valence-corrected chi connectivity index (χ1v) is 6.55. The van der Waals surface area contributed by atoms with Gasteiger partial charge in [0.15, 0.2) is 0 Å². The second kappa shape index (κ2) is 5.23. The van der Waals surface area contributed by atoms with Crippen LogP contribution in [0.5, 0.6) is 5.75 Å². The van der Waals surface area contributed by atoms with Crippen LogP contribution >= 0.6 is 11.6 Å². The van der Waals surface area contributed by atoms with E-state index >= 15 is 0 Å². The number of hydrogen-bond donors (Lipinski definition) is 1. The van der Waals surface area contributed by atoms with E-state index < -0.39 is 15.2 Å². The lowest BCUT2D eigenvalue weighted by molar-refractivity contribution is 0.340. The summed E-state index contributed by atoms with van der Waals surface area (Å²) in [5.74, 6) is 0.618. The summed E-state index contributed by atoms with van der Waals surface area (Å²) >= 11 is 5.26. The van der Waals surface area contributed by atoms with Crippen molar-refractivity contribution in [2.45, 2.75) is 6.92 Å². The number of ether oxygens (including phenoxy) is 1. The largest absolute Gasteiger partial charge is 0.494 e. The summed E-state index contributed by atoms with van der Waals surface area (Å²) in [6, 6.07) is 6.69. The van der Waals surface area contributed by atoms with Crippen LogP contribution in [0.2, 0.25) is 0 Å².